The molecule has 0 amide bonds. The van der Waals surface area contributed by atoms with Crippen molar-refractivity contribution in [1.29, 1.82) is 0 Å². The fourth-order valence-corrected chi connectivity index (χ4v) is 4.44. The molecule has 1 N–H and O–H groups in total. The Morgan fingerprint density at radius 2 is 2.00 bits per heavy atom. The maximum atomic E-state index is 13.9. The molecule has 4 nitrogen and oxygen atoms in total. The Kier molecular flexibility index (Phi) is 6.77. The van der Waals surface area contributed by atoms with Crippen LogP contribution in [0.5, 0.6) is 0 Å². The van der Waals surface area contributed by atoms with Gasteiger partial charge in [0.2, 0.25) is 0 Å². The Bertz CT molecular complexity index is 632. The van der Waals surface area contributed by atoms with E-state index in [-0.39, 0.29) is 35.7 Å². The number of aliphatic imine (C=N–C) groups is 1. The fourth-order valence-electron chi connectivity index (χ4n) is 4.44. The first-order valence-electron chi connectivity index (χ1n) is 9.69. The molecule has 4 rings (SSSR count). The lowest BCUT2D eigenvalue weighted by Gasteiger charge is -2.23. The number of hydrogen-bond donors (Lipinski definition) is 1. The summed E-state index contributed by atoms with van der Waals surface area (Å²) in [7, 11) is 1.86. The highest BCUT2D eigenvalue weighted by Crippen LogP contribution is 2.42. The number of halogens is 2. The van der Waals surface area contributed by atoms with Gasteiger partial charge in [0.1, 0.15) is 5.82 Å². The van der Waals surface area contributed by atoms with Crippen molar-refractivity contribution in [1.82, 2.24) is 15.1 Å². The van der Waals surface area contributed by atoms with Crippen molar-refractivity contribution in [2.75, 3.05) is 39.8 Å². The smallest absolute Gasteiger partial charge is 0.193 e. The van der Waals surface area contributed by atoms with Crippen LogP contribution >= 0.6 is 24.0 Å². The number of likely N-dealkylation sites (tertiary alicyclic amines) is 2. The van der Waals surface area contributed by atoms with E-state index in [1.807, 2.05) is 19.2 Å². The number of nitrogens with one attached hydrogen (secondary N) is 1. The molecule has 1 saturated carbocycles. The standard InChI is InChI=1S/C20H29FN4.HI/c1-22-20(23-19-12-17(19)16-6-2-3-7-18(16)21)25-11-8-15(14-25)13-24-9-4-5-10-24;/h2-3,6-7,15,17,19H,4-5,8-14H2,1H3,(H,22,23);1H. The molecule has 0 spiro atoms. The molecule has 3 atom stereocenters. The summed E-state index contributed by atoms with van der Waals surface area (Å²) in [5, 5.41) is 3.57. The molecule has 1 aliphatic carbocycles. The third kappa shape index (κ3) is 4.50. The lowest BCUT2D eigenvalue weighted by atomic mass is 10.1. The van der Waals surface area contributed by atoms with Gasteiger partial charge in [-0.1, -0.05) is 18.2 Å². The van der Waals surface area contributed by atoms with Crippen LogP contribution in [-0.2, 0) is 0 Å². The van der Waals surface area contributed by atoms with Crippen LogP contribution in [0.2, 0.25) is 0 Å². The summed E-state index contributed by atoms with van der Waals surface area (Å²) in [4.78, 5) is 9.49. The van der Waals surface area contributed by atoms with Crippen molar-refractivity contribution in [3.05, 3.63) is 35.6 Å². The van der Waals surface area contributed by atoms with E-state index < -0.39 is 0 Å². The van der Waals surface area contributed by atoms with E-state index in [1.165, 1.54) is 38.9 Å². The van der Waals surface area contributed by atoms with Crippen molar-refractivity contribution in [2.24, 2.45) is 10.9 Å². The monoisotopic (exact) mass is 472 g/mol. The zero-order valence-corrected chi connectivity index (χ0v) is 17.9. The van der Waals surface area contributed by atoms with Gasteiger partial charge in [-0.2, -0.15) is 0 Å². The van der Waals surface area contributed by atoms with Crippen LogP contribution in [0, 0.1) is 11.7 Å². The SMILES string of the molecule is CN=C(NC1CC1c1ccccc1F)N1CCC(CN2CCCC2)C1.I. The number of nitrogens with zero attached hydrogens (tertiary/aromatic N) is 3. The minimum absolute atomic E-state index is 0. The van der Waals surface area contributed by atoms with Crippen molar-refractivity contribution < 1.29 is 4.39 Å². The minimum atomic E-state index is -0.0846. The molecule has 0 radical (unpaired) electrons. The van der Waals surface area contributed by atoms with Gasteiger partial charge in [-0.25, -0.2) is 4.39 Å². The third-order valence-corrected chi connectivity index (χ3v) is 5.92. The number of benzene rings is 1. The summed E-state index contributed by atoms with van der Waals surface area (Å²) in [5.74, 6) is 1.94. The molecule has 1 aromatic carbocycles. The van der Waals surface area contributed by atoms with Crippen molar-refractivity contribution in [2.45, 2.75) is 37.6 Å². The molecule has 2 aliphatic heterocycles. The summed E-state index contributed by atoms with van der Waals surface area (Å²) in [6, 6.07) is 7.46. The van der Waals surface area contributed by atoms with Crippen LogP contribution in [0.3, 0.4) is 0 Å². The quantitative estimate of drug-likeness (QED) is 0.415. The Morgan fingerprint density at radius 1 is 1.23 bits per heavy atom. The summed E-state index contributed by atoms with van der Waals surface area (Å²) in [6.45, 7) is 5.95. The molecule has 1 aromatic rings. The molecule has 0 aromatic heterocycles. The molecule has 26 heavy (non-hydrogen) atoms. The molecule has 3 aliphatic rings. The molecule has 0 bridgehead atoms. The lowest BCUT2D eigenvalue weighted by Crippen LogP contribution is -2.42. The molecule has 3 unspecified atom stereocenters. The van der Waals surface area contributed by atoms with Gasteiger partial charge < -0.3 is 15.1 Å². The van der Waals surface area contributed by atoms with Gasteiger partial charge in [0.05, 0.1) is 0 Å². The van der Waals surface area contributed by atoms with Gasteiger partial charge in [-0.15, -0.1) is 24.0 Å². The number of hydrogen-bond acceptors (Lipinski definition) is 2. The summed E-state index contributed by atoms with van der Waals surface area (Å²) in [6.07, 6.45) is 4.96. The Balaban J connectivity index is 0.00000196. The van der Waals surface area contributed by atoms with Gasteiger partial charge in [-0.05, 0) is 56.3 Å². The minimum Gasteiger partial charge on any atom is -0.353 e. The molecule has 2 saturated heterocycles. The highest BCUT2D eigenvalue weighted by atomic mass is 127. The lowest BCUT2D eigenvalue weighted by molar-refractivity contribution is 0.281. The number of guanidine groups is 1. The predicted octanol–water partition coefficient (Wildman–Crippen LogP) is 3.29. The van der Waals surface area contributed by atoms with Gasteiger partial charge in [-0.3, -0.25) is 4.99 Å². The van der Waals surface area contributed by atoms with E-state index in [4.69, 9.17) is 0 Å². The second-order valence-corrected chi connectivity index (χ2v) is 7.77. The van der Waals surface area contributed by atoms with Crippen molar-refractivity contribution >= 4 is 29.9 Å². The molecule has 6 heteroatoms. The second kappa shape index (κ2) is 8.87. The average Bonchev–Trinajstić information content (AvgIpc) is 3.00. The van der Waals surface area contributed by atoms with Crippen LogP contribution in [-0.4, -0.2) is 61.6 Å². The summed E-state index contributed by atoms with van der Waals surface area (Å²) < 4.78 is 13.9. The van der Waals surface area contributed by atoms with E-state index in [0.717, 1.165) is 37.0 Å². The van der Waals surface area contributed by atoms with E-state index in [2.05, 4.69) is 20.1 Å². The van der Waals surface area contributed by atoms with Crippen LogP contribution < -0.4 is 5.32 Å². The zero-order chi connectivity index (χ0) is 17.2. The van der Waals surface area contributed by atoms with E-state index in [0.29, 0.717) is 6.04 Å². The molecular weight excluding hydrogens is 442 g/mol. The van der Waals surface area contributed by atoms with Crippen molar-refractivity contribution in [3.8, 4) is 0 Å². The van der Waals surface area contributed by atoms with E-state index in [1.54, 1.807) is 12.1 Å². The Hall–Kier alpha value is -0.890. The van der Waals surface area contributed by atoms with Gasteiger partial charge in [0.15, 0.2) is 5.96 Å². The van der Waals surface area contributed by atoms with Crippen molar-refractivity contribution in [3.63, 3.8) is 0 Å². The largest absolute Gasteiger partial charge is 0.353 e. The molecule has 144 valence electrons. The molecule has 2 heterocycles. The Labute approximate surface area is 173 Å². The first-order chi connectivity index (χ1) is 12.2. The maximum absolute atomic E-state index is 13.9. The van der Waals surface area contributed by atoms with E-state index in [9.17, 15) is 4.39 Å². The fraction of sp³-hybridized carbons (Fsp3) is 0.650. The molecular formula is C20H30FIN4. The zero-order valence-electron chi connectivity index (χ0n) is 15.5. The first-order valence-corrected chi connectivity index (χ1v) is 9.69. The highest BCUT2D eigenvalue weighted by molar-refractivity contribution is 14.0. The normalized spacial score (nSPS) is 28.9. The number of rotatable bonds is 4. The van der Waals surface area contributed by atoms with Gasteiger partial charge >= 0.3 is 0 Å². The van der Waals surface area contributed by atoms with Crippen LogP contribution in [0.4, 0.5) is 4.39 Å². The third-order valence-electron chi connectivity index (χ3n) is 5.92. The summed E-state index contributed by atoms with van der Waals surface area (Å²) in [5.41, 5.74) is 0.837. The van der Waals surface area contributed by atoms with Crippen LogP contribution in [0.25, 0.3) is 0 Å². The first kappa shape index (κ1) is 19.9. The topological polar surface area (TPSA) is 30.9 Å². The summed E-state index contributed by atoms with van der Waals surface area (Å²) >= 11 is 0. The average molecular weight is 472 g/mol. The highest BCUT2D eigenvalue weighted by Gasteiger charge is 2.41. The maximum Gasteiger partial charge on any atom is 0.193 e. The predicted molar refractivity (Wildman–Crippen MR) is 115 cm³/mol. The Morgan fingerprint density at radius 3 is 2.73 bits per heavy atom. The van der Waals surface area contributed by atoms with Gasteiger partial charge in [0.25, 0.3) is 0 Å². The van der Waals surface area contributed by atoms with E-state index >= 15 is 0 Å². The second-order valence-electron chi connectivity index (χ2n) is 7.77. The molecule has 3 fully saturated rings. The van der Waals surface area contributed by atoms with Gasteiger partial charge in [0, 0.05) is 38.6 Å². The van der Waals surface area contributed by atoms with Crippen LogP contribution in [0.1, 0.15) is 37.2 Å². The van der Waals surface area contributed by atoms with Crippen LogP contribution in [0.15, 0.2) is 29.3 Å².